The summed E-state index contributed by atoms with van der Waals surface area (Å²) in [5.74, 6) is 1.25. The van der Waals surface area contributed by atoms with E-state index in [1.54, 1.807) is 0 Å². The van der Waals surface area contributed by atoms with Crippen LogP contribution in [0.5, 0.6) is 0 Å². The molecule has 1 saturated carbocycles. The molecule has 1 aliphatic carbocycles. The molecule has 0 unspecified atom stereocenters. The molecule has 2 atom stereocenters. The monoisotopic (exact) mass is 145 g/mol. The summed E-state index contributed by atoms with van der Waals surface area (Å²) in [6.07, 6.45) is 3.84. The molecule has 9 heavy (non-hydrogen) atoms. The molecule has 1 aliphatic rings. The average molecular weight is 145 g/mol. The summed E-state index contributed by atoms with van der Waals surface area (Å²) < 4.78 is 0. The van der Waals surface area contributed by atoms with Crippen LogP contribution in [-0.4, -0.2) is 17.0 Å². The summed E-state index contributed by atoms with van der Waals surface area (Å²) in [4.78, 5) is 0. The molecule has 0 amide bonds. The second-order valence-electron chi connectivity index (χ2n) is 2.65. The second-order valence-corrected chi connectivity index (χ2v) is 4.23. The van der Waals surface area contributed by atoms with Crippen LogP contribution < -0.4 is 5.73 Å². The van der Waals surface area contributed by atoms with E-state index in [0.717, 1.165) is 5.25 Å². The van der Waals surface area contributed by atoms with Gasteiger partial charge in [-0.3, -0.25) is 0 Å². The lowest BCUT2D eigenvalue weighted by molar-refractivity contribution is 0.706. The zero-order valence-corrected chi connectivity index (χ0v) is 6.79. The minimum Gasteiger partial charge on any atom is -0.328 e. The van der Waals surface area contributed by atoms with Crippen LogP contribution in [0.25, 0.3) is 0 Å². The van der Waals surface area contributed by atoms with Crippen molar-refractivity contribution in [3.05, 3.63) is 0 Å². The molecule has 1 nitrogen and oxygen atoms in total. The molecule has 0 aromatic rings. The van der Waals surface area contributed by atoms with Gasteiger partial charge in [-0.15, -0.1) is 0 Å². The number of nitrogens with two attached hydrogens (primary N) is 1. The van der Waals surface area contributed by atoms with E-state index in [9.17, 15) is 0 Å². The summed E-state index contributed by atoms with van der Waals surface area (Å²) >= 11 is 2.06. The van der Waals surface area contributed by atoms with Crippen LogP contribution in [-0.2, 0) is 0 Å². The highest BCUT2D eigenvalue weighted by Crippen LogP contribution is 2.28. The molecule has 0 saturated heterocycles. The maximum atomic E-state index is 5.74. The van der Waals surface area contributed by atoms with Gasteiger partial charge in [0.2, 0.25) is 0 Å². The normalized spacial score (nSPS) is 35.3. The van der Waals surface area contributed by atoms with Gasteiger partial charge in [0.05, 0.1) is 0 Å². The minimum absolute atomic E-state index is 0.508. The maximum absolute atomic E-state index is 5.74. The smallest absolute Gasteiger partial charge is 0.00622 e. The van der Waals surface area contributed by atoms with Gasteiger partial charge in [-0.2, -0.15) is 11.8 Å². The fourth-order valence-electron chi connectivity index (χ4n) is 1.36. The van der Waals surface area contributed by atoms with E-state index in [4.69, 9.17) is 5.73 Å². The largest absolute Gasteiger partial charge is 0.328 e. The average Bonchev–Trinajstić information content (AvgIpc) is 2.17. The molecule has 1 fully saturated rings. The van der Waals surface area contributed by atoms with E-state index in [0.29, 0.717) is 6.04 Å². The first-order valence-electron chi connectivity index (χ1n) is 3.70. The third-order valence-electron chi connectivity index (χ3n) is 1.83. The molecule has 2 heteroatoms. The standard InChI is InChI=1S/C7H15NS/c1-2-9-7-4-3-6(8)5-7/h6-7H,2-5,8H2,1H3/t6-,7+/m1/s1. The highest BCUT2D eigenvalue weighted by atomic mass is 32.2. The van der Waals surface area contributed by atoms with Crippen LogP contribution in [0.3, 0.4) is 0 Å². The molecule has 0 heterocycles. The van der Waals surface area contributed by atoms with Gasteiger partial charge in [0.1, 0.15) is 0 Å². The van der Waals surface area contributed by atoms with Crippen LogP contribution in [0, 0.1) is 0 Å². The molecule has 1 rings (SSSR count). The van der Waals surface area contributed by atoms with Crippen molar-refractivity contribution in [2.24, 2.45) is 5.73 Å². The molecule has 0 radical (unpaired) electrons. The Morgan fingerprint density at radius 3 is 2.78 bits per heavy atom. The van der Waals surface area contributed by atoms with Gasteiger partial charge >= 0.3 is 0 Å². The molecule has 2 N–H and O–H groups in total. The Labute approximate surface area is 61.4 Å². The summed E-state index contributed by atoms with van der Waals surface area (Å²) in [5.41, 5.74) is 5.74. The van der Waals surface area contributed by atoms with Gasteiger partial charge in [0, 0.05) is 11.3 Å². The third-order valence-corrected chi connectivity index (χ3v) is 3.06. The fraction of sp³-hybridized carbons (Fsp3) is 1.00. The predicted molar refractivity (Wildman–Crippen MR) is 43.7 cm³/mol. The Morgan fingerprint density at radius 1 is 1.56 bits per heavy atom. The first-order valence-corrected chi connectivity index (χ1v) is 4.75. The van der Waals surface area contributed by atoms with Crippen LogP contribution in [0.15, 0.2) is 0 Å². The number of hydrogen-bond acceptors (Lipinski definition) is 2. The molecule has 0 aliphatic heterocycles. The van der Waals surface area contributed by atoms with Crippen molar-refractivity contribution in [1.29, 1.82) is 0 Å². The van der Waals surface area contributed by atoms with Crippen molar-refractivity contribution in [3.63, 3.8) is 0 Å². The highest BCUT2D eigenvalue weighted by molar-refractivity contribution is 7.99. The maximum Gasteiger partial charge on any atom is 0.00622 e. The summed E-state index contributed by atoms with van der Waals surface area (Å²) in [7, 11) is 0. The molecule has 0 bridgehead atoms. The van der Waals surface area contributed by atoms with Gasteiger partial charge < -0.3 is 5.73 Å². The first kappa shape index (κ1) is 7.42. The van der Waals surface area contributed by atoms with Gasteiger partial charge in [-0.25, -0.2) is 0 Å². The van der Waals surface area contributed by atoms with Gasteiger partial charge in [-0.1, -0.05) is 6.92 Å². The Balaban J connectivity index is 2.14. The molecular weight excluding hydrogens is 130 g/mol. The highest BCUT2D eigenvalue weighted by Gasteiger charge is 2.20. The second kappa shape index (κ2) is 3.47. The van der Waals surface area contributed by atoms with Crippen LogP contribution >= 0.6 is 11.8 Å². The van der Waals surface area contributed by atoms with Crippen molar-refractivity contribution in [2.45, 2.75) is 37.5 Å². The predicted octanol–water partition coefficient (Wildman–Crippen LogP) is 1.62. The topological polar surface area (TPSA) is 26.0 Å². The van der Waals surface area contributed by atoms with Crippen LogP contribution in [0.2, 0.25) is 0 Å². The number of rotatable bonds is 2. The zero-order valence-electron chi connectivity index (χ0n) is 5.97. The van der Waals surface area contributed by atoms with Crippen molar-refractivity contribution in [3.8, 4) is 0 Å². The molecule has 0 aromatic carbocycles. The Morgan fingerprint density at radius 2 is 2.33 bits per heavy atom. The Bertz CT molecular complexity index is 83.0. The van der Waals surface area contributed by atoms with E-state index in [1.807, 2.05) is 0 Å². The molecule has 0 aromatic heterocycles. The van der Waals surface area contributed by atoms with E-state index in [2.05, 4.69) is 18.7 Å². The lowest BCUT2D eigenvalue weighted by Gasteiger charge is -2.05. The summed E-state index contributed by atoms with van der Waals surface area (Å²) in [5, 5.41) is 0.880. The summed E-state index contributed by atoms with van der Waals surface area (Å²) in [6.45, 7) is 2.22. The van der Waals surface area contributed by atoms with E-state index in [-0.39, 0.29) is 0 Å². The van der Waals surface area contributed by atoms with Gasteiger partial charge in [-0.05, 0) is 25.0 Å². The molecule has 0 spiro atoms. The van der Waals surface area contributed by atoms with E-state index in [1.165, 1.54) is 25.0 Å². The fourth-order valence-corrected chi connectivity index (χ4v) is 2.52. The molecular formula is C7H15NS. The number of hydrogen-bond donors (Lipinski definition) is 1. The van der Waals surface area contributed by atoms with Gasteiger partial charge in [0.25, 0.3) is 0 Å². The lowest BCUT2D eigenvalue weighted by Crippen LogP contribution is -2.15. The van der Waals surface area contributed by atoms with Gasteiger partial charge in [0.15, 0.2) is 0 Å². The lowest BCUT2D eigenvalue weighted by atomic mass is 10.3. The van der Waals surface area contributed by atoms with Crippen molar-refractivity contribution >= 4 is 11.8 Å². The minimum atomic E-state index is 0.508. The first-order chi connectivity index (χ1) is 4.33. The van der Waals surface area contributed by atoms with Crippen molar-refractivity contribution in [2.75, 3.05) is 5.75 Å². The Kier molecular flexibility index (Phi) is 2.86. The van der Waals surface area contributed by atoms with Crippen molar-refractivity contribution < 1.29 is 0 Å². The van der Waals surface area contributed by atoms with Crippen LogP contribution in [0.1, 0.15) is 26.2 Å². The summed E-state index contributed by atoms with van der Waals surface area (Å²) in [6, 6.07) is 0.508. The van der Waals surface area contributed by atoms with E-state index < -0.39 is 0 Å². The zero-order chi connectivity index (χ0) is 6.69. The molecule has 54 valence electrons. The SMILES string of the molecule is CCS[C@H]1CC[C@@H](N)C1. The number of thioether (sulfide) groups is 1. The third kappa shape index (κ3) is 2.18. The quantitative estimate of drug-likeness (QED) is 0.639. The van der Waals surface area contributed by atoms with Crippen molar-refractivity contribution in [1.82, 2.24) is 0 Å². The Hall–Kier alpha value is 0.310. The van der Waals surface area contributed by atoms with Crippen LogP contribution in [0.4, 0.5) is 0 Å². The van der Waals surface area contributed by atoms with E-state index >= 15 is 0 Å².